The molecule has 0 bridgehead atoms. The number of carbonyl (C=O) groups excluding carboxylic acids is 1. The van der Waals surface area contributed by atoms with Crippen LogP contribution in [0.15, 0.2) is 23.1 Å². The fourth-order valence-corrected chi connectivity index (χ4v) is 2.66. The highest BCUT2D eigenvalue weighted by atomic mass is 16.7. The van der Waals surface area contributed by atoms with E-state index in [2.05, 4.69) is 6.58 Å². The number of amides is 1. The quantitative estimate of drug-likeness (QED) is 0.810. The lowest BCUT2D eigenvalue weighted by Crippen LogP contribution is -2.42. The smallest absolute Gasteiger partial charge is 0.246 e. The van der Waals surface area contributed by atoms with Crippen LogP contribution in [-0.2, 0) is 20.8 Å². The minimum absolute atomic E-state index is 0.138. The maximum absolute atomic E-state index is 12.1. The summed E-state index contributed by atoms with van der Waals surface area (Å²) in [5.74, 6) is 0.594. The minimum Gasteiger partial charge on any atom is -0.466 e. The summed E-state index contributed by atoms with van der Waals surface area (Å²) in [6, 6.07) is 1.89. The SMILES string of the molecule is C=CC(=O)N(Cc1cc(C)oc1C)CC(O)[C@H]1COC(C)(C)O1. The third-order valence-electron chi connectivity index (χ3n) is 3.86. The van der Waals surface area contributed by atoms with Crippen molar-refractivity contribution in [1.82, 2.24) is 4.90 Å². The van der Waals surface area contributed by atoms with E-state index in [0.717, 1.165) is 17.1 Å². The summed E-state index contributed by atoms with van der Waals surface area (Å²) >= 11 is 0. The number of aliphatic hydroxyl groups excluding tert-OH is 1. The molecule has 0 aliphatic carbocycles. The van der Waals surface area contributed by atoms with E-state index in [4.69, 9.17) is 13.9 Å². The first-order valence-electron chi connectivity index (χ1n) is 7.69. The van der Waals surface area contributed by atoms with Gasteiger partial charge in [0.05, 0.1) is 6.61 Å². The van der Waals surface area contributed by atoms with Gasteiger partial charge < -0.3 is 23.9 Å². The fourth-order valence-electron chi connectivity index (χ4n) is 2.66. The van der Waals surface area contributed by atoms with Crippen LogP contribution < -0.4 is 0 Å². The zero-order chi connectivity index (χ0) is 17.2. The molecule has 2 atom stereocenters. The Balaban J connectivity index is 2.05. The summed E-state index contributed by atoms with van der Waals surface area (Å²) in [4.78, 5) is 13.6. The van der Waals surface area contributed by atoms with Crippen molar-refractivity contribution < 1.29 is 23.8 Å². The zero-order valence-electron chi connectivity index (χ0n) is 14.2. The Labute approximate surface area is 136 Å². The molecule has 0 aromatic carbocycles. The molecule has 0 spiro atoms. The minimum atomic E-state index is -0.839. The number of furan rings is 1. The van der Waals surface area contributed by atoms with Crippen LogP contribution >= 0.6 is 0 Å². The Kier molecular flexibility index (Phi) is 5.29. The van der Waals surface area contributed by atoms with Gasteiger partial charge in [0.1, 0.15) is 23.7 Å². The van der Waals surface area contributed by atoms with Crippen molar-refractivity contribution in [3.8, 4) is 0 Å². The molecule has 6 heteroatoms. The van der Waals surface area contributed by atoms with E-state index in [-0.39, 0.29) is 12.5 Å². The highest BCUT2D eigenvalue weighted by molar-refractivity contribution is 5.87. The molecule has 1 amide bonds. The van der Waals surface area contributed by atoms with Crippen molar-refractivity contribution in [3.63, 3.8) is 0 Å². The van der Waals surface area contributed by atoms with Crippen molar-refractivity contribution in [2.45, 2.75) is 52.2 Å². The molecule has 128 valence electrons. The molecule has 0 saturated carbocycles. The first kappa shape index (κ1) is 17.7. The normalized spacial score (nSPS) is 21.2. The van der Waals surface area contributed by atoms with E-state index < -0.39 is 18.0 Å². The third-order valence-corrected chi connectivity index (χ3v) is 3.86. The summed E-state index contributed by atoms with van der Waals surface area (Å²) in [5.41, 5.74) is 0.911. The molecular weight excluding hydrogens is 298 g/mol. The van der Waals surface area contributed by atoms with Crippen LogP contribution in [0.2, 0.25) is 0 Å². The van der Waals surface area contributed by atoms with Crippen LogP contribution in [0.3, 0.4) is 0 Å². The Bertz CT molecular complexity index is 578. The summed E-state index contributed by atoms with van der Waals surface area (Å²) in [5, 5.41) is 10.4. The van der Waals surface area contributed by atoms with Crippen molar-refractivity contribution in [3.05, 3.63) is 35.8 Å². The molecule has 1 saturated heterocycles. The Morgan fingerprint density at radius 2 is 2.26 bits per heavy atom. The predicted molar refractivity (Wildman–Crippen MR) is 84.7 cm³/mol. The maximum Gasteiger partial charge on any atom is 0.246 e. The predicted octanol–water partition coefficient (Wildman–Crippen LogP) is 1.92. The van der Waals surface area contributed by atoms with Crippen LogP contribution in [0.25, 0.3) is 0 Å². The van der Waals surface area contributed by atoms with Gasteiger partial charge >= 0.3 is 0 Å². The monoisotopic (exact) mass is 323 g/mol. The van der Waals surface area contributed by atoms with Gasteiger partial charge in [0, 0.05) is 18.7 Å². The first-order chi connectivity index (χ1) is 10.7. The van der Waals surface area contributed by atoms with Crippen molar-refractivity contribution in [2.75, 3.05) is 13.2 Å². The average Bonchev–Trinajstić information content (AvgIpc) is 2.99. The number of aryl methyl sites for hydroxylation is 2. The largest absolute Gasteiger partial charge is 0.466 e. The van der Waals surface area contributed by atoms with Gasteiger partial charge in [-0.3, -0.25) is 4.79 Å². The zero-order valence-corrected chi connectivity index (χ0v) is 14.2. The number of hydrogen-bond acceptors (Lipinski definition) is 5. The average molecular weight is 323 g/mol. The fraction of sp³-hybridized carbons (Fsp3) is 0.588. The van der Waals surface area contributed by atoms with Gasteiger partial charge in [-0.25, -0.2) is 0 Å². The van der Waals surface area contributed by atoms with E-state index in [9.17, 15) is 9.90 Å². The van der Waals surface area contributed by atoms with E-state index >= 15 is 0 Å². The molecule has 1 aliphatic heterocycles. The topological polar surface area (TPSA) is 72.1 Å². The molecular formula is C17H25NO5. The number of ether oxygens (including phenoxy) is 2. The lowest BCUT2D eigenvalue weighted by Gasteiger charge is -2.27. The molecule has 23 heavy (non-hydrogen) atoms. The first-order valence-corrected chi connectivity index (χ1v) is 7.69. The van der Waals surface area contributed by atoms with Crippen molar-refractivity contribution in [2.24, 2.45) is 0 Å². The van der Waals surface area contributed by atoms with Crippen LogP contribution in [-0.4, -0.2) is 47.1 Å². The van der Waals surface area contributed by atoms with Gasteiger partial charge in [0.2, 0.25) is 5.91 Å². The number of rotatable bonds is 6. The lowest BCUT2D eigenvalue weighted by molar-refractivity contribution is -0.153. The van der Waals surface area contributed by atoms with Crippen LogP contribution in [0, 0.1) is 13.8 Å². The van der Waals surface area contributed by atoms with Gasteiger partial charge in [-0.2, -0.15) is 0 Å². The summed E-state index contributed by atoms with van der Waals surface area (Å²) in [6.07, 6.45) is -0.0587. The summed E-state index contributed by atoms with van der Waals surface area (Å²) < 4.78 is 16.6. The van der Waals surface area contributed by atoms with Gasteiger partial charge in [-0.05, 0) is 39.8 Å². The molecule has 1 aromatic heterocycles. The van der Waals surface area contributed by atoms with Gasteiger partial charge in [0.15, 0.2) is 5.79 Å². The maximum atomic E-state index is 12.1. The molecule has 0 radical (unpaired) electrons. The van der Waals surface area contributed by atoms with Gasteiger partial charge in [-0.15, -0.1) is 0 Å². The summed E-state index contributed by atoms with van der Waals surface area (Å²) in [6.45, 7) is 11.6. The number of aliphatic hydroxyl groups is 1. The Morgan fingerprint density at radius 1 is 1.57 bits per heavy atom. The molecule has 1 fully saturated rings. The molecule has 1 aromatic rings. The van der Waals surface area contributed by atoms with E-state index in [1.165, 1.54) is 11.0 Å². The Morgan fingerprint density at radius 3 is 2.74 bits per heavy atom. The second-order valence-corrected chi connectivity index (χ2v) is 6.30. The lowest BCUT2D eigenvalue weighted by atomic mass is 10.1. The van der Waals surface area contributed by atoms with Crippen LogP contribution in [0.5, 0.6) is 0 Å². The van der Waals surface area contributed by atoms with Crippen molar-refractivity contribution >= 4 is 5.91 Å². The van der Waals surface area contributed by atoms with Gasteiger partial charge in [0.25, 0.3) is 0 Å². The molecule has 2 heterocycles. The van der Waals surface area contributed by atoms with Gasteiger partial charge in [-0.1, -0.05) is 6.58 Å². The third kappa shape index (κ3) is 4.43. The molecule has 1 aliphatic rings. The van der Waals surface area contributed by atoms with E-state index in [1.807, 2.05) is 19.9 Å². The molecule has 2 rings (SSSR count). The van der Waals surface area contributed by atoms with Crippen LogP contribution in [0.4, 0.5) is 0 Å². The standard InChI is InChI=1S/C17H25NO5/c1-6-16(20)18(8-13-7-11(2)22-12(13)3)9-14(19)15-10-21-17(4,5)23-15/h6-7,14-15,19H,1,8-10H2,2-5H3/t14?,15-/m1/s1. The van der Waals surface area contributed by atoms with E-state index in [0.29, 0.717) is 13.2 Å². The number of nitrogens with zero attached hydrogens (tertiary/aromatic N) is 1. The second-order valence-electron chi connectivity index (χ2n) is 6.30. The van der Waals surface area contributed by atoms with E-state index in [1.54, 1.807) is 13.8 Å². The number of carbonyl (C=O) groups is 1. The number of hydrogen-bond donors (Lipinski definition) is 1. The second kappa shape index (κ2) is 6.86. The highest BCUT2D eigenvalue weighted by Crippen LogP contribution is 2.25. The van der Waals surface area contributed by atoms with Crippen LogP contribution in [0.1, 0.15) is 30.9 Å². The molecule has 1 unspecified atom stereocenters. The molecule has 1 N–H and O–H groups in total. The van der Waals surface area contributed by atoms with Crippen molar-refractivity contribution in [1.29, 1.82) is 0 Å². The Hall–Kier alpha value is -1.63. The molecule has 6 nitrogen and oxygen atoms in total. The summed E-state index contributed by atoms with van der Waals surface area (Å²) in [7, 11) is 0. The highest BCUT2D eigenvalue weighted by Gasteiger charge is 2.37.